The van der Waals surface area contributed by atoms with Crippen LogP contribution in [0.2, 0.25) is 0 Å². The molecule has 0 aliphatic carbocycles. The van der Waals surface area contributed by atoms with E-state index < -0.39 is 12.1 Å². The van der Waals surface area contributed by atoms with Crippen molar-refractivity contribution in [1.29, 1.82) is 0 Å². The van der Waals surface area contributed by atoms with E-state index in [-0.39, 0.29) is 11.0 Å². The Hall–Kier alpha value is -1.81. The average molecular weight is 317 g/mol. The molecule has 2 N–H and O–H groups in total. The summed E-state index contributed by atoms with van der Waals surface area (Å²) < 4.78 is 2.23. The third-order valence-electron chi connectivity index (χ3n) is 4.38. The van der Waals surface area contributed by atoms with Gasteiger partial charge in [0.2, 0.25) is 0 Å². The first-order valence-electron chi connectivity index (χ1n) is 8.18. The molecule has 1 unspecified atom stereocenters. The van der Waals surface area contributed by atoms with E-state index >= 15 is 0 Å². The molecule has 0 spiro atoms. The van der Waals surface area contributed by atoms with E-state index in [0.717, 1.165) is 40.7 Å². The van der Waals surface area contributed by atoms with Crippen molar-refractivity contribution in [3.63, 3.8) is 0 Å². The van der Waals surface area contributed by atoms with Gasteiger partial charge in [0.25, 0.3) is 0 Å². The summed E-state index contributed by atoms with van der Waals surface area (Å²) >= 11 is 0. The molecule has 23 heavy (non-hydrogen) atoms. The highest BCUT2D eigenvalue weighted by atomic mass is 16.4. The molecule has 0 bridgehead atoms. The smallest absolute Gasteiger partial charge is 0.335 e. The first-order chi connectivity index (χ1) is 10.6. The van der Waals surface area contributed by atoms with Gasteiger partial charge in [-0.25, -0.2) is 4.79 Å². The molecule has 0 aliphatic rings. The highest BCUT2D eigenvalue weighted by Gasteiger charge is 2.26. The molecule has 1 aromatic heterocycles. The standard InChI is InChI=1S/C19H27NO3/c1-7-8-20-11(2)16(12(3)21)14-9-13(18(22)23)10-15(17(14)20)19(4,5)6/h9-10,12,21H,7-8H2,1-6H3,(H,22,23). The molecule has 0 saturated heterocycles. The Labute approximate surface area is 137 Å². The molecule has 126 valence electrons. The highest BCUT2D eigenvalue weighted by Crippen LogP contribution is 2.38. The molecule has 2 rings (SSSR count). The zero-order chi connectivity index (χ0) is 17.5. The summed E-state index contributed by atoms with van der Waals surface area (Å²) in [7, 11) is 0. The van der Waals surface area contributed by atoms with Crippen molar-refractivity contribution in [2.24, 2.45) is 0 Å². The van der Waals surface area contributed by atoms with Gasteiger partial charge in [-0.2, -0.15) is 0 Å². The van der Waals surface area contributed by atoms with Crippen LogP contribution in [0.5, 0.6) is 0 Å². The molecule has 4 heteroatoms. The number of benzene rings is 1. The summed E-state index contributed by atoms with van der Waals surface area (Å²) in [4.78, 5) is 11.6. The second-order valence-electron chi connectivity index (χ2n) is 7.30. The van der Waals surface area contributed by atoms with Gasteiger partial charge < -0.3 is 14.8 Å². The van der Waals surface area contributed by atoms with Crippen LogP contribution in [-0.4, -0.2) is 20.7 Å². The summed E-state index contributed by atoms with van der Waals surface area (Å²) in [5.41, 5.74) is 4.01. The lowest BCUT2D eigenvalue weighted by Crippen LogP contribution is -2.15. The van der Waals surface area contributed by atoms with Gasteiger partial charge in [0.05, 0.1) is 17.2 Å². The summed E-state index contributed by atoms with van der Waals surface area (Å²) in [6.07, 6.45) is 0.348. The van der Waals surface area contributed by atoms with Gasteiger partial charge in [0.1, 0.15) is 0 Å². The summed E-state index contributed by atoms with van der Waals surface area (Å²) in [6, 6.07) is 3.48. The number of hydrogen-bond donors (Lipinski definition) is 2. The molecule has 2 aromatic rings. The Morgan fingerprint density at radius 1 is 1.30 bits per heavy atom. The quantitative estimate of drug-likeness (QED) is 0.878. The fraction of sp³-hybridized carbons (Fsp3) is 0.526. The average Bonchev–Trinajstić information content (AvgIpc) is 2.69. The lowest BCUT2D eigenvalue weighted by atomic mass is 9.84. The zero-order valence-electron chi connectivity index (χ0n) is 14.9. The number of nitrogens with zero attached hydrogens (tertiary/aromatic N) is 1. The molecule has 0 aliphatic heterocycles. The van der Waals surface area contributed by atoms with Crippen LogP contribution in [0.15, 0.2) is 12.1 Å². The molecule has 0 amide bonds. The predicted molar refractivity (Wildman–Crippen MR) is 93.3 cm³/mol. The van der Waals surface area contributed by atoms with Crippen LogP contribution in [0.3, 0.4) is 0 Å². The number of aromatic carboxylic acids is 1. The van der Waals surface area contributed by atoms with Crippen molar-refractivity contribution in [2.45, 2.75) is 66.0 Å². The Morgan fingerprint density at radius 3 is 2.35 bits per heavy atom. The van der Waals surface area contributed by atoms with Crippen LogP contribution < -0.4 is 0 Å². The van der Waals surface area contributed by atoms with Gasteiger partial charge in [-0.15, -0.1) is 0 Å². The van der Waals surface area contributed by atoms with Crippen molar-refractivity contribution in [2.75, 3.05) is 0 Å². The fourth-order valence-electron chi connectivity index (χ4n) is 3.36. The summed E-state index contributed by atoms with van der Waals surface area (Å²) in [6.45, 7) is 13.0. The summed E-state index contributed by atoms with van der Waals surface area (Å²) in [5.74, 6) is -0.935. The Bertz CT molecular complexity index is 748. The first-order valence-corrected chi connectivity index (χ1v) is 8.18. The minimum atomic E-state index is -0.935. The number of carboxylic acids is 1. The van der Waals surface area contributed by atoms with E-state index in [4.69, 9.17) is 0 Å². The number of hydrogen-bond acceptors (Lipinski definition) is 2. The summed E-state index contributed by atoms with van der Waals surface area (Å²) in [5, 5.41) is 20.6. The minimum Gasteiger partial charge on any atom is -0.478 e. The van der Waals surface area contributed by atoms with Crippen LogP contribution in [0.25, 0.3) is 10.9 Å². The van der Waals surface area contributed by atoms with Crippen molar-refractivity contribution < 1.29 is 15.0 Å². The Kier molecular flexibility index (Phi) is 4.58. The van der Waals surface area contributed by atoms with E-state index in [1.165, 1.54) is 0 Å². The molecule has 1 atom stereocenters. The number of carboxylic acid groups (broad SMARTS) is 1. The zero-order valence-corrected chi connectivity index (χ0v) is 14.9. The van der Waals surface area contributed by atoms with Crippen LogP contribution >= 0.6 is 0 Å². The van der Waals surface area contributed by atoms with E-state index in [1.807, 2.05) is 6.92 Å². The topological polar surface area (TPSA) is 62.5 Å². The van der Waals surface area contributed by atoms with Crippen LogP contribution in [0.4, 0.5) is 0 Å². The SMILES string of the molecule is CCCn1c(C)c(C(C)O)c2cc(C(=O)O)cc(C(C)(C)C)c21. The van der Waals surface area contributed by atoms with Crippen LogP contribution in [-0.2, 0) is 12.0 Å². The number of aromatic nitrogens is 1. The van der Waals surface area contributed by atoms with Gasteiger partial charge in [-0.1, -0.05) is 27.7 Å². The number of rotatable bonds is 4. The van der Waals surface area contributed by atoms with E-state index in [0.29, 0.717) is 0 Å². The van der Waals surface area contributed by atoms with Gasteiger partial charge in [-0.05, 0) is 43.4 Å². The molecule has 0 saturated carbocycles. The molecular formula is C19H27NO3. The van der Waals surface area contributed by atoms with Crippen molar-refractivity contribution in [3.05, 3.63) is 34.5 Å². The van der Waals surface area contributed by atoms with Gasteiger partial charge in [-0.3, -0.25) is 0 Å². The largest absolute Gasteiger partial charge is 0.478 e. The van der Waals surface area contributed by atoms with Gasteiger partial charge in [0, 0.05) is 23.2 Å². The second-order valence-corrected chi connectivity index (χ2v) is 7.30. The number of aliphatic hydroxyl groups is 1. The Morgan fingerprint density at radius 2 is 1.91 bits per heavy atom. The van der Waals surface area contributed by atoms with Crippen LogP contribution in [0.1, 0.15) is 74.3 Å². The molecular weight excluding hydrogens is 290 g/mol. The molecule has 1 heterocycles. The maximum Gasteiger partial charge on any atom is 0.335 e. The van der Waals surface area contributed by atoms with Crippen molar-refractivity contribution in [3.8, 4) is 0 Å². The Balaban J connectivity index is 3.02. The van der Waals surface area contributed by atoms with E-state index in [9.17, 15) is 15.0 Å². The second kappa shape index (κ2) is 6.00. The van der Waals surface area contributed by atoms with Crippen molar-refractivity contribution in [1.82, 2.24) is 4.57 Å². The van der Waals surface area contributed by atoms with E-state index in [1.54, 1.807) is 19.1 Å². The third-order valence-corrected chi connectivity index (χ3v) is 4.38. The first kappa shape index (κ1) is 17.5. The lowest BCUT2D eigenvalue weighted by molar-refractivity contribution is 0.0697. The molecule has 1 aromatic carbocycles. The third kappa shape index (κ3) is 3.00. The van der Waals surface area contributed by atoms with Crippen molar-refractivity contribution >= 4 is 16.9 Å². The van der Waals surface area contributed by atoms with E-state index in [2.05, 4.69) is 32.3 Å². The normalized spacial score (nSPS) is 13.5. The highest BCUT2D eigenvalue weighted by molar-refractivity contribution is 5.97. The maximum atomic E-state index is 11.6. The maximum absolute atomic E-state index is 11.6. The van der Waals surface area contributed by atoms with Crippen LogP contribution in [0, 0.1) is 6.92 Å². The number of aliphatic hydroxyl groups excluding tert-OH is 1. The lowest BCUT2D eigenvalue weighted by Gasteiger charge is -2.23. The molecule has 0 radical (unpaired) electrons. The minimum absolute atomic E-state index is 0.185. The number of carbonyl (C=O) groups is 1. The predicted octanol–water partition coefficient (Wildman–Crippen LogP) is 4.41. The monoisotopic (exact) mass is 317 g/mol. The molecule has 4 nitrogen and oxygen atoms in total. The van der Waals surface area contributed by atoms with Gasteiger partial charge >= 0.3 is 5.97 Å². The van der Waals surface area contributed by atoms with Gasteiger partial charge in [0.15, 0.2) is 0 Å². The molecule has 0 fully saturated rings. The number of aryl methyl sites for hydroxylation is 1. The fourth-order valence-corrected chi connectivity index (χ4v) is 3.36. The number of fused-ring (bicyclic) bond motifs is 1.